The van der Waals surface area contributed by atoms with E-state index in [4.69, 9.17) is 4.74 Å². The number of fused-ring (bicyclic) bond motifs is 3. The van der Waals surface area contributed by atoms with E-state index in [1.165, 1.54) is 11.1 Å². The molecule has 0 saturated carbocycles. The third-order valence-electron chi connectivity index (χ3n) is 8.39. The van der Waals surface area contributed by atoms with Crippen molar-refractivity contribution >= 4 is 40.3 Å². The van der Waals surface area contributed by atoms with Crippen LogP contribution in [0, 0.1) is 0 Å². The third kappa shape index (κ3) is 8.09. The minimum absolute atomic E-state index is 0.150. The summed E-state index contributed by atoms with van der Waals surface area (Å²) < 4.78 is 7.00. The number of hydrogen-bond acceptors (Lipinski definition) is 8. The van der Waals surface area contributed by atoms with E-state index in [1.807, 2.05) is 48.7 Å². The molecular weight excluding hydrogens is 638 g/mol. The van der Waals surface area contributed by atoms with Gasteiger partial charge in [0.15, 0.2) is 0 Å². The number of aromatic amines is 1. The second kappa shape index (κ2) is 15.8. The Bertz CT molecular complexity index is 1990. The normalized spacial score (nSPS) is 16.6. The fraction of sp³-hybridized carbons (Fsp3) is 0.278. The minimum atomic E-state index is -0.873. The molecular formula is C36H39N9O5. The van der Waals surface area contributed by atoms with Gasteiger partial charge in [-0.15, -0.1) is 0 Å². The predicted molar refractivity (Wildman–Crippen MR) is 187 cm³/mol. The molecule has 6 rings (SSSR count). The van der Waals surface area contributed by atoms with Gasteiger partial charge in [0.2, 0.25) is 11.8 Å². The van der Waals surface area contributed by atoms with Crippen molar-refractivity contribution in [3.05, 3.63) is 102 Å². The SMILES string of the molecule is COc1ccccc1-n1cc(C(=O)N2CCCCNC(=O)[C@H](Cc3c[nH]c4ccccc34)NC(=O)c3cccc(n3)NCCNC(=O)C2)cn1. The number of para-hydroxylation sites is 3. The van der Waals surface area contributed by atoms with Crippen molar-refractivity contribution in [3.8, 4) is 11.4 Å². The summed E-state index contributed by atoms with van der Waals surface area (Å²) in [6.45, 7) is 0.997. The second-order valence-electron chi connectivity index (χ2n) is 11.8. The molecule has 1 atom stereocenters. The molecule has 0 radical (unpaired) electrons. The van der Waals surface area contributed by atoms with Gasteiger partial charge < -0.3 is 35.9 Å². The van der Waals surface area contributed by atoms with E-state index in [0.29, 0.717) is 48.7 Å². The molecule has 4 amide bonds. The Morgan fingerprint density at radius 2 is 1.74 bits per heavy atom. The Morgan fingerprint density at radius 1 is 0.920 bits per heavy atom. The number of carbonyl (C=O) groups excluding carboxylic acids is 4. The number of aromatic nitrogens is 4. The monoisotopic (exact) mass is 677 g/mol. The molecule has 5 aromatic rings. The molecule has 14 nitrogen and oxygen atoms in total. The van der Waals surface area contributed by atoms with Crippen LogP contribution in [0.4, 0.5) is 5.82 Å². The summed E-state index contributed by atoms with van der Waals surface area (Å²) in [6, 6.07) is 19.2. The van der Waals surface area contributed by atoms with Crippen LogP contribution in [0.25, 0.3) is 16.6 Å². The maximum Gasteiger partial charge on any atom is 0.270 e. The minimum Gasteiger partial charge on any atom is -0.494 e. The summed E-state index contributed by atoms with van der Waals surface area (Å²) in [5, 5.41) is 17.1. The highest BCUT2D eigenvalue weighted by Gasteiger charge is 2.25. The summed E-state index contributed by atoms with van der Waals surface area (Å²) in [5.74, 6) is -0.468. The summed E-state index contributed by atoms with van der Waals surface area (Å²) in [7, 11) is 1.56. The highest BCUT2D eigenvalue weighted by Crippen LogP contribution is 2.22. The molecule has 3 aromatic heterocycles. The first kappa shape index (κ1) is 33.7. The van der Waals surface area contributed by atoms with E-state index in [-0.39, 0.29) is 49.5 Å². The summed E-state index contributed by atoms with van der Waals surface area (Å²) in [5.41, 5.74) is 2.97. The lowest BCUT2D eigenvalue weighted by Crippen LogP contribution is -2.48. The predicted octanol–water partition coefficient (Wildman–Crippen LogP) is 2.68. The molecule has 2 aromatic carbocycles. The molecule has 1 aliphatic heterocycles. The van der Waals surface area contributed by atoms with Crippen LogP contribution in [-0.4, -0.2) is 94.2 Å². The molecule has 4 heterocycles. The van der Waals surface area contributed by atoms with Crippen molar-refractivity contribution in [3.63, 3.8) is 0 Å². The van der Waals surface area contributed by atoms with E-state index >= 15 is 0 Å². The van der Waals surface area contributed by atoms with E-state index < -0.39 is 11.9 Å². The van der Waals surface area contributed by atoms with E-state index in [9.17, 15) is 19.2 Å². The lowest BCUT2D eigenvalue weighted by Gasteiger charge is -2.22. The Morgan fingerprint density at radius 3 is 2.62 bits per heavy atom. The molecule has 2 bridgehead atoms. The zero-order chi connectivity index (χ0) is 34.9. The molecule has 0 saturated heterocycles. The van der Waals surface area contributed by atoms with Gasteiger partial charge in [0.25, 0.3) is 11.8 Å². The number of nitrogens with zero attached hydrogens (tertiary/aromatic N) is 4. The Labute approximate surface area is 288 Å². The van der Waals surface area contributed by atoms with Gasteiger partial charge in [-0.25, -0.2) is 9.67 Å². The Kier molecular flexibility index (Phi) is 10.7. The third-order valence-corrected chi connectivity index (χ3v) is 8.39. The number of methoxy groups -OCH3 is 1. The second-order valence-corrected chi connectivity index (χ2v) is 11.8. The number of H-pyrrole nitrogens is 1. The average Bonchev–Trinajstić information content (AvgIpc) is 3.80. The van der Waals surface area contributed by atoms with Crippen LogP contribution in [0.3, 0.4) is 0 Å². The van der Waals surface area contributed by atoms with Gasteiger partial charge in [0.05, 0.1) is 25.4 Å². The van der Waals surface area contributed by atoms with Crippen LogP contribution in [-0.2, 0) is 16.0 Å². The van der Waals surface area contributed by atoms with Crippen molar-refractivity contribution < 1.29 is 23.9 Å². The number of hydrogen-bond donors (Lipinski definition) is 5. The van der Waals surface area contributed by atoms with Gasteiger partial charge >= 0.3 is 0 Å². The van der Waals surface area contributed by atoms with Crippen molar-refractivity contribution in [1.29, 1.82) is 0 Å². The zero-order valence-electron chi connectivity index (χ0n) is 27.6. The first-order chi connectivity index (χ1) is 24.4. The van der Waals surface area contributed by atoms with Crippen molar-refractivity contribution in [2.24, 2.45) is 0 Å². The van der Waals surface area contributed by atoms with Crippen LogP contribution >= 0.6 is 0 Å². The van der Waals surface area contributed by atoms with Crippen LogP contribution in [0.2, 0.25) is 0 Å². The Balaban J connectivity index is 1.18. The molecule has 50 heavy (non-hydrogen) atoms. The van der Waals surface area contributed by atoms with Crippen LogP contribution in [0.15, 0.2) is 85.3 Å². The molecule has 0 fully saturated rings. The largest absolute Gasteiger partial charge is 0.494 e. The highest BCUT2D eigenvalue weighted by molar-refractivity contribution is 5.97. The molecule has 0 unspecified atom stereocenters. The topological polar surface area (TPSA) is 175 Å². The lowest BCUT2D eigenvalue weighted by atomic mass is 10.0. The number of amides is 4. The quantitative estimate of drug-likeness (QED) is 0.189. The summed E-state index contributed by atoms with van der Waals surface area (Å²) in [4.78, 5) is 62.7. The standard InChI is InChI=1S/C36H39N9O5/c1-50-31-13-5-4-12-30(31)45-22-25(21-41-45)36(49)44-18-7-6-15-39-34(47)29(19-24-20-40-27-10-3-2-9-26(24)27)43-35(48)28-11-8-14-32(42-28)37-16-17-38-33(46)23-44/h2-5,8-14,20-22,29,40H,6-7,15-19,23H2,1H3,(H,37,42)(H,38,46)(H,39,47)(H,43,48)/t29-/m0/s1. The molecule has 0 aliphatic carbocycles. The van der Waals surface area contributed by atoms with Gasteiger partial charge in [-0.2, -0.15) is 5.10 Å². The first-order valence-corrected chi connectivity index (χ1v) is 16.5. The zero-order valence-corrected chi connectivity index (χ0v) is 27.6. The molecule has 5 N–H and O–H groups in total. The smallest absolute Gasteiger partial charge is 0.270 e. The van der Waals surface area contributed by atoms with Crippen molar-refractivity contribution in [2.45, 2.75) is 25.3 Å². The molecule has 0 spiro atoms. The first-order valence-electron chi connectivity index (χ1n) is 16.5. The molecule has 14 heteroatoms. The van der Waals surface area contributed by atoms with Crippen LogP contribution in [0.5, 0.6) is 5.75 Å². The van der Waals surface area contributed by atoms with Crippen LogP contribution in [0.1, 0.15) is 39.3 Å². The van der Waals surface area contributed by atoms with Crippen molar-refractivity contribution in [2.75, 3.05) is 45.2 Å². The fourth-order valence-corrected chi connectivity index (χ4v) is 5.82. The van der Waals surface area contributed by atoms with Gasteiger partial charge in [-0.05, 0) is 48.7 Å². The number of nitrogens with one attached hydrogen (secondary N) is 5. The number of carbonyl (C=O) groups is 4. The van der Waals surface area contributed by atoms with E-state index in [0.717, 1.165) is 16.5 Å². The fourth-order valence-electron chi connectivity index (χ4n) is 5.82. The molecule has 258 valence electrons. The number of benzene rings is 2. The highest BCUT2D eigenvalue weighted by atomic mass is 16.5. The van der Waals surface area contributed by atoms with Crippen molar-refractivity contribution in [1.82, 2.24) is 40.6 Å². The van der Waals surface area contributed by atoms with E-state index in [1.54, 1.807) is 42.3 Å². The number of rotatable bonds is 5. The number of anilines is 1. The molecule has 1 aliphatic rings. The summed E-state index contributed by atoms with van der Waals surface area (Å²) in [6.07, 6.45) is 6.23. The Hall–Kier alpha value is -6.18. The van der Waals surface area contributed by atoms with Gasteiger partial charge in [0.1, 0.15) is 29.0 Å². The van der Waals surface area contributed by atoms with Gasteiger partial charge in [-0.1, -0.05) is 36.4 Å². The average molecular weight is 678 g/mol. The number of ether oxygens (including phenoxy) is 1. The van der Waals surface area contributed by atoms with Gasteiger partial charge in [-0.3, -0.25) is 19.2 Å². The number of pyridine rings is 1. The summed E-state index contributed by atoms with van der Waals surface area (Å²) >= 11 is 0. The van der Waals surface area contributed by atoms with E-state index in [2.05, 4.69) is 36.3 Å². The van der Waals surface area contributed by atoms with Gasteiger partial charge in [0, 0.05) is 55.9 Å². The van der Waals surface area contributed by atoms with Crippen LogP contribution < -0.4 is 26.0 Å². The lowest BCUT2D eigenvalue weighted by molar-refractivity contribution is -0.123. The maximum atomic E-state index is 13.7. The maximum absolute atomic E-state index is 13.7.